The first-order valence-electron chi connectivity index (χ1n) is 6.37. The Bertz CT molecular complexity index is 498. The average Bonchev–Trinajstić information content (AvgIpc) is 2.81. The molecule has 1 N–H and O–H groups in total. The zero-order chi connectivity index (χ0) is 14.0. The highest BCUT2D eigenvalue weighted by Crippen LogP contribution is 2.21. The van der Waals surface area contributed by atoms with Crippen LogP contribution in [0.4, 0.5) is 0 Å². The molecule has 2 rings (SSSR count). The highest BCUT2D eigenvalue weighted by Gasteiger charge is 2.35. The lowest BCUT2D eigenvalue weighted by atomic mass is 10.2. The van der Waals surface area contributed by atoms with Crippen molar-refractivity contribution in [2.24, 2.45) is 0 Å². The Kier molecular flexibility index (Phi) is 4.29. The van der Waals surface area contributed by atoms with Crippen molar-refractivity contribution in [1.82, 2.24) is 9.21 Å². The summed E-state index contributed by atoms with van der Waals surface area (Å²) in [4.78, 5) is 2.07. The third-order valence-electron chi connectivity index (χ3n) is 3.23. The van der Waals surface area contributed by atoms with Crippen LogP contribution in [0.25, 0.3) is 0 Å². The van der Waals surface area contributed by atoms with Crippen LogP contribution in [-0.2, 0) is 10.0 Å². The van der Waals surface area contributed by atoms with E-state index in [9.17, 15) is 13.5 Å². The number of β-amino-alcohol motifs (C(OH)–C–C–N with tert-alkyl or cyclic N) is 1. The van der Waals surface area contributed by atoms with E-state index in [1.807, 2.05) is 6.92 Å². The van der Waals surface area contributed by atoms with Crippen LogP contribution >= 0.6 is 0 Å². The SMILES string of the molecule is CC(O)CN1CCN(S(=O)(=O)c2ccco2)C(C)C1. The fourth-order valence-corrected chi connectivity index (χ4v) is 3.96. The predicted molar refractivity (Wildman–Crippen MR) is 70.2 cm³/mol. The number of aliphatic hydroxyl groups is 1. The van der Waals surface area contributed by atoms with E-state index in [-0.39, 0.29) is 11.1 Å². The molecule has 0 aliphatic carbocycles. The molecule has 6 nitrogen and oxygen atoms in total. The van der Waals surface area contributed by atoms with Crippen molar-refractivity contribution in [2.45, 2.75) is 31.1 Å². The van der Waals surface area contributed by atoms with Crippen molar-refractivity contribution in [2.75, 3.05) is 26.2 Å². The lowest BCUT2D eigenvalue weighted by Gasteiger charge is -2.38. The van der Waals surface area contributed by atoms with Gasteiger partial charge in [-0.3, -0.25) is 4.90 Å². The Morgan fingerprint density at radius 1 is 1.53 bits per heavy atom. The molecule has 1 saturated heterocycles. The predicted octanol–water partition coefficient (Wildman–Crippen LogP) is 0.355. The second kappa shape index (κ2) is 5.62. The van der Waals surface area contributed by atoms with Crippen molar-refractivity contribution in [3.8, 4) is 0 Å². The Morgan fingerprint density at radius 3 is 2.79 bits per heavy atom. The average molecular weight is 288 g/mol. The number of sulfonamides is 1. The second-order valence-corrected chi connectivity index (χ2v) is 6.83. The van der Waals surface area contributed by atoms with Crippen molar-refractivity contribution in [3.63, 3.8) is 0 Å². The molecule has 0 aromatic carbocycles. The molecule has 2 unspecified atom stereocenters. The number of nitrogens with zero attached hydrogens (tertiary/aromatic N) is 2. The van der Waals surface area contributed by atoms with E-state index in [1.165, 1.54) is 16.6 Å². The highest BCUT2D eigenvalue weighted by atomic mass is 32.2. The third kappa shape index (κ3) is 3.17. The molecule has 0 bridgehead atoms. The van der Waals surface area contributed by atoms with Crippen LogP contribution in [0.2, 0.25) is 0 Å². The maximum absolute atomic E-state index is 12.4. The molecule has 1 aliphatic heterocycles. The molecule has 19 heavy (non-hydrogen) atoms. The van der Waals surface area contributed by atoms with Crippen LogP contribution in [0.3, 0.4) is 0 Å². The van der Waals surface area contributed by atoms with Crippen molar-refractivity contribution >= 4 is 10.0 Å². The molecule has 2 heterocycles. The summed E-state index contributed by atoms with van der Waals surface area (Å²) >= 11 is 0. The van der Waals surface area contributed by atoms with Gasteiger partial charge < -0.3 is 9.52 Å². The van der Waals surface area contributed by atoms with E-state index in [4.69, 9.17) is 4.42 Å². The Hall–Kier alpha value is -0.890. The number of piperazine rings is 1. The van der Waals surface area contributed by atoms with Crippen LogP contribution in [0.15, 0.2) is 27.9 Å². The normalized spacial score (nSPS) is 24.5. The van der Waals surface area contributed by atoms with Gasteiger partial charge in [0.25, 0.3) is 10.0 Å². The van der Waals surface area contributed by atoms with Gasteiger partial charge in [0.05, 0.1) is 12.4 Å². The fourth-order valence-electron chi connectivity index (χ4n) is 2.44. The standard InChI is InChI=1S/C12H20N2O4S/c1-10-8-13(9-11(2)15)5-6-14(10)19(16,17)12-4-3-7-18-12/h3-4,7,10-11,15H,5-6,8-9H2,1-2H3. The molecular formula is C12H20N2O4S. The summed E-state index contributed by atoms with van der Waals surface area (Å²) in [7, 11) is -3.54. The van der Waals surface area contributed by atoms with Crippen LogP contribution in [-0.4, -0.2) is 61.1 Å². The first kappa shape index (κ1) is 14.5. The van der Waals surface area contributed by atoms with Crippen molar-refractivity contribution < 1.29 is 17.9 Å². The van der Waals surface area contributed by atoms with Crippen LogP contribution in [0.5, 0.6) is 0 Å². The number of hydrogen-bond acceptors (Lipinski definition) is 5. The maximum atomic E-state index is 12.4. The second-order valence-electron chi connectivity index (χ2n) is 5.01. The largest absolute Gasteiger partial charge is 0.452 e. The zero-order valence-corrected chi connectivity index (χ0v) is 12.0. The first-order valence-corrected chi connectivity index (χ1v) is 7.81. The summed E-state index contributed by atoms with van der Waals surface area (Å²) in [6.45, 7) is 5.82. The van der Waals surface area contributed by atoms with Gasteiger partial charge >= 0.3 is 0 Å². The van der Waals surface area contributed by atoms with Gasteiger partial charge in [-0.05, 0) is 26.0 Å². The molecule has 108 valence electrons. The molecule has 1 aromatic heterocycles. The number of rotatable bonds is 4. The third-order valence-corrected chi connectivity index (χ3v) is 5.13. The van der Waals surface area contributed by atoms with Crippen LogP contribution < -0.4 is 0 Å². The lowest BCUT2D eigenvalue weighted by Crippen LogP contribution is -2.54. The summed E-state index contributed by atoms with van der Waals surface area (Å²) in [5, 5.41) is 9.37. The van der Waals surface area contributed by atoms with E-state index < -0.39 is 16.1 Å². The van der Waals surface area contributed by atoms with Gasteiger partial charge in [-0.15, -0.1) is 0 Å². The van der Waals surface area contributed by atoms with Gasteiger partial charge in [0, 0.05) is 32.2 Å². The van der Waals surface area contributed by atoms with E-state index in [0.717, 1.165) is 0 Å². The molecule has 1 fully saturated rings. The van der Waals surface area contributed by atoms with E-state index in [1.54, 1.807) is 13.0 Å². The van der Waals surface area contributed by atoms with Crippen molar-refractivity contribution in [3.05, 3.63) is 18.4 Å². The number of furan rings is 1. The first-order chi connectivity index (χ1) is 8.91. The van der Waals surface area contributed by atoms with E-state index >= 15 is 0 Å². The number of aliphatic hydroxyl groups excluding tert-OH is 1. The fraction of sp³-hybridized carbons (Fsp3) is 0.667. The molecule has 0 saturated carbocycles. The smallest absolute Gasteiger partial charge is 0.276 e. The summed E-state index contributed by atoms with van der Waals surface area (Å²) in [5.74, 6) is 0. The summed E-state index contributed by atoms with van der Waals surface area (Å²) in [6.07, 6.45) is 0.960. The van der Waals surface area contributed by atoms with Crippen molar-refractivity contribution in [1.29, 1.82) is 0 Å². The topological polar surface area (TPSA) is 74.0 Å². The molecule has 7 heteroatoms. The van der Waals surface area contributed by atoms with Gasteiger partial charge in [-0.2, -0.15) is 4.31 Å². The minimum Gasteiger partial charge on any atom is -0.452 e. The zero-order valence-electron chi connectivity index (χ0n) is 11.2. The number of hydrogen-bond donors (Lipinski definition) is 1. The van der Waals surface area contributed by atoms with Crippen LogP contribution in [0, 0.1) is 0 Å². The molecule has 0 radical (unpaired) electrons. The van der Waals surface area contributed by atoms with E-state index in [0.29, 0.717) is 26.2 Å². The molecule has 0 spiro atoms. The Morgan fingerprint density at radius 2 is 2.26 bits per heavy atom. The summed E-state index contributed by atoms with van der Waals surface area (Å²) in [6, 6.07) is 2.90. The molecule has 0 amide bonds. The maximum Gasteiger partial charge on any atom is 0.276 e. The van der Waals surface area contributed by atoms with Gasteiger partial charge in [0.2, 0.25) is 5.09 Å². The Labute approximate surface area is 113 Å². The minimum atomic E-state index is -3.54. The molecule has 2 atom stereocenters. The highest BCUT2D eigenvalue weighted by molar-refractivity contribution is 7.89. The van der Waals surface area contributed by atoms with Gasteiger partial charge in [0.15, 0.2) is 0 Å². The van der Waals surface area contributed by atoms with Gasteiger partial charge in [-0.25, -0.2) is 8.42 Å². The molecule has 1 aromatic rings. The Balaban J connectivity index is 2.08. The molecular weight excluding hydrogens is 268 g/mol. The van der Waals surface area contributed by atoms with Gasteiger partial charge in [0.1, 0.15) is 0 Å². The summed E-state index contributed by atoms with van der Waals surface area (Å²) < 4.78 is 31.2. The summed E-state index contributed by atoms with van der Waals surface area (Å²) in [5.41, 5.74) is 0. The molecule has 1 aliphatic rings. The van der Waals surface area contributed by atoms with Gasteiger partial charge in [-0.1, -0.05) is 0 Å². The van der Waals surface area contributed by atoms with E-state index in [2.05, 4.69) is 4.90 Å². The quantitative estimate of drug-likeness (QED) is 0.865. The van der Waals surface area contributed by atoms with Crippen LogP contribution in [0.1, 0.15) is 13.8 Å². The minimum absolute atomic E-state index is 0.0108. The monoisotopic (exact) mass is 288 g/mol. The lowest BCUT2D eigenvalue weighted by molar-refractivity contribution is 0.0835.